The molecule has 0 radical (unpaired) electrons. The zero-order valence-corrected chi connectivity index (χ0v) is 17.6. The first kappa shape index (κ1) is 21.6. The highest BCUT2D eigenvalue weighted by Gasteiger charge is 2.19. The van der Waals surface area contributed by atoms with Crippen molar-refractivity contribution in [2.75, 3.05) is 52.3 Å². The van der Waals surface area contributed by atoms with E-state index in [4.69, 9.17) is 14.2 Å². The molecular formula is C23H27FN2O4. The number of halogens is 1. The Kier molecular flexibility index (Phi) is 7.30. The predicted molar refractivity (Wildman–Crippen MR) is 114 cm³/mol. The normalized spacial score (nSPS) is 15.1. The monoisotopic (exact) mass is 414 g/mol. The Bertz CT molecular complexity index is 908. The first-order chi connectivity index (χ1) is 14.5. The molecule has 1 aliphatic rings. The van der Waals surface area contributed by atoms with Crippen LogP contribution in [0.5, 0.6) is 5.75 Å². The second-order valence-electron chi connectivity index (χ2n) is 7.11. The van der Waals surface area contributed by atoms with Gasteiger partial charge in [0, 0.05) is 32.2 Å². The molecule has 6 nitrogen and oxygen atoms in total. The number of piperazine rings is 1. The molecule has 0 unspecified atom stereocenters. The number of nitrogens with zero attached hydrogens (tertiary/aromatic N) is 2. The van der Waals surface area contributed by atoms with Gasteiger partial charge in [-0.05, 0) is 30.3 Å². The molecule has 0 aromatic heterocycles. The molecule has 30 heavy (non-hydrogen) atoms. The number of carbonyl (C=O) groups is 1. The van der Waals surface area contributed by atoms with Crippen LogP contribution in [0, 0.1) is 5.82 Å². The van der Waals surface area contributed by atoms with Gasteiger partial charge in [0.1, 0.15) is 23.7 Å². The van der Waals surface area contributed by atoms with Gasteiger partial charge in [-0.2, -0.15) is 0 Å². The van der Waals surface area contributed by atoms with Crippen molar-refractivity contribution in [1.82, 2.24) is 4.90 Å². The summed E-state index contributed by atoms with van der Waals surface area (Å²) in [4.78, 5) is 16.4. The Morgan fingerprint density at radius 3 is 2.50 bits per heavy atom. The van der Waals surface area contributed by atoms with Crippen molar-refractivity contribution in [2.24, 2.45) is 0 Å². The van der Waals surface area contributed by atoms with Crippen molar-refractivity contribution in [1.29, 1.82) is 0 Å². The molecule has 2 aromatic carbocycles. The van der Waals surface area contributed by atoms with Crippen molar-refractivity contribution in [2.45, 2.75) is 6.61 Å². The fourth-order valence-corrected chi connectivity index (χ4v) is 3.40. The quantitative estimate of drug-likeness (QED) is 0.394. The first-order valence-electron chi connectivity index (χ1n) is 9.79. The molecule has 1 saturated heterocycles. The maximum Gasteiger partial charge on any atom is 0.341 e. The number of anilines is 1. The number of carbonyl (C=O) groups excluding carboxylic acids is 1. The average Bonchev–Trinajstić information content (AvgIpc) is 2.77. The Labute approximate surface area is 176 Å². The van der Waals surface area contributed by atoms with Crippen LogP contribution >= 0.6 is 0 Å². The molecule has 1 fully saturated rings. The highest BCUT2D eigenvalue weighted by atomic mass is 19.1. The van der Waals surface area contributed by atoms with Crippen molar-refractivity contribution in [3.63, 3.8) is 0 Å². The zero-order chi connectivity index (χ0) is 21.5. The molecule has 0 bridgehead atoms. The lowest BCUT2D eigenvalue weighted by Crippen LogP contribution is -2.44. The van der Waals surface area contributed by atoms with Gasteiger partial charge in [0.05, 0.1) is 26.2 Å². The Hall–Kier alpha value is -3.06. The van der Waals surface area contributed by atoms with Gasteiger partial charge in [-0.1, -0.05) is 24.3 Å². The number of hydrogen-bond acceptors (Lipinski definition) is 6. The summed E-state index contributed by atoms with van der Waals surface area (Å²) < 4.78 is 30.4. The minimum Gasteiger partial charge on any atom is -0.503 e. The van der Waals surface area contributed by atoms with Gasteiger partial charge in [0.25, 0.3) is 0 Å². The van der Waals surface area contributed by atoms with Gasteiger partial charge in [-0.25, -0.2) is 9.18 Å². The van der Waals surface area contributed by atoms with Crippen molar-refractivity contribution < 1.29 is 23.4 Å². The van der Waals surface area contributed by atoms with E-state index in [-0.39, 0.29) is 18.0 Å². The maximum atomic E-state index is 14.7. The van der Waals surface area contributed by atoms with Crippen LogP contribution in [0.25, 0.3) is 5.57 Å². The molecule has 0 aliphatic carbocycles. The SMILES string of the molecule is COC=C(C(=O)OC)c1ccccc1COc1ccc(N2CCN(C)CC2)c(F)c1. The largest absolute Gasteiger partial charge is 0.503 e. The third kappa shape index (κ3) is 5.10. The number of hydrogen-bond donors (Lipinski definition) is 0. The third-order valence-corrected chi connectivity index (χ3v) is 5.11. The Balaban J connectivity index is 1.74. The number of rotatable bonds is 7. The van der Waals surface area contributed by atoms with Crippen molar-refractivity contribution in [3.8, 4) is 5.75 Å². The van der Waals surface area contributed by atoms with Gasteiger partial charge in [-0.3, -0.25) is 0 Å². The van der Waals surface area contributed by atoms with E-state index in [0.29, 0.717) is 17.0 Å². The van der Waals surface area contributed by atoms with E-state index >= 15 is 0 Å². The van der Waals surface area contributed by atoms with Crippen LogP contribution in [0.1, 0.15) is 11.1 Å². The zero-order valence-electron chi connectivity index (χ0n) is 17.6. The molecular weight excluding hydrogens is 387 g/mol. The lowest BCUT2D eigenvalue weighted by atomic mass is 10.0. The minimum atomic E-state index is -0.508. The molecule has 7 heteroatoms. The molecule has 1 aliphatic heterocycles. The summed E-state index contributed by atoms with van der Waals surface area (Å²) >= 11 is 0. The highest BCUT2D eigenvalue weighted by molar-refractivity contribution is 6.16. The van der Waals surface area contributed by atoms with Crippen LogP contribution in [0.2, 0.25) is 0 Å². The Morgan fingerprint density at radius 2 is 1.83 bits per heavy atom. The van der Waals surface area contributed by atoms with Crippen LogP contribution in [0.3, 0.4) is 0 Å². The summed E-state index contributed by atoms with van der Waals surface area (Å²) in [5.74, 6) is -0.387. The second kappa shape index (κ2) is 10.1. The number of benzene rings is 2. The molecule has 1 heterocycles. The summed E-state index contributed by atoms with van der Waals surface area (Å²) in [7, 11) is 4.85. The van der Waals surface area contributed by atoms with Gasteiger partial charge >= 0.3 is 5.97 Å². The lowest BCUT2D eigenvalue weighted by molar-refractivity contribution is -0.133. The summed E-state index contributed by atoms with van der Waals surface area (Å²) in [6, 6.07) is 12.2. The fourth-order valence-electron chi connectivity index (χ4n) is 3.40. The molecule has 0 amide bonds. The van der Waals surface area contributed by atoms with Crippen LogP contribution in [0.15, 0.2) is 48.7 Å². The number of esters is 1. The predicted octanol–water partition coefficient (Wildman–Crippen LogP) is 3.32. The third-order valence-electron chi connectivity index (χ3n) is 5.11. The van der Waals surface area contributed by atoms with Crippen LogP contribution in [-0.2, 0) is 20.9 Å². The molecule has 0 N–H and O–H groups in total. The van der Waals surface area contributed by atoms with Gasteiger partial charge in [0.15, 0.2) is 0 Å². The number of methoxy groups -OCH3 is 2. The van der Waals surface area contributed by atoms with E-state index in [1.807, 2.05) is 23.1 Å². The molecule has 0 atom stereocenters. The van der Waals surface area contributed by atoms with E-state index in [9.17, 15) is 9.18 Å². The van der Waals surface area contributed by atoms with Gasteiger partial charge < -0.3 is 24.0 Å². The van der Waals surface area contributed by atoms with E-state index < -0.39 is 5.97 Å². The van der Waals surface area contributed by atoms with Gasteiger partial charge in [0.2, 0.25) is 0 Å². The maximum absolute atomic E-state index is 14.7. The van der Waals surface area contributed by atoms with Crippen LogP contribution < -0.4 is 9.64 Å². The highest BCUT2D eigenvalue weighted by Crippen LogP contribution is 2.27. The summed E-state index contributed by atoms with van der Waals surface area (Å²) in [6.45, 7) is 3.58. The standard InChI is InChI=1S/C23H27FN2O4/c1-25-10-12-26(13-11-25)22-9-8-18(14-21(22)24)30-15-17-6-4-5-7-19(17)20(16-28-2)23(27)29-3/h4-9,14,16H,10-13,15H2,1-3H3. The van der Waals surface area contributed by atoms with Crippen LogP contribution in [-0.4, -0.2) is 58.3 Å². The molecule has 3 rings (SSSR count). The summed E-state index contributed by atoms with van der Waals surface area (Å²) in [5.41, 5.74) is 2.28. The molecule has 2 aromatic rings. The summed E-state index contributed by atoms with van der Waals surface area (Å²) in [5, 5.41) is 0. The average molecular weight is 414 g/mol. The molecule has 0 spiro atoms. The number of likely N-dealkylation sites (N-methyl/N-ethyl adjacent to an activating group) is 1. The fraction of sp³-hybridized carbons (Fsp3) is 0.348. The second-order valence-corrected chi connectivity index (χ2v) is 7.11. The van der Waals surface area contributed by atoms with E-state index in [2.05, 4.69) is 11.9 Å². The van der Waals surface area contributed by atoms with Crippen molar-refractivity contribution in [3.05, 3.63) is 65.7 Å². The smallest absolute Gasteiger partial charge is 0.341 e. The number of ether oxygens (including phenoxy) is 3. The lowest BCUT2D eigenvalue weighted by Gasteiger charge is -2.34. The van der Waals surface area contributed by atoms with Gasteiger partial charge in [-0.15, -0.1) is 0 Å². The molecule has 160 valence electrons. The van der Waals surface area contributed by atoms with Crippen LogP contribution in [0.4, 0.5) is 10.1 Å². The Morgan fingerprint density at radius 1 is 1.10 bits per heavy atom. The topological polar surface area (TPSA) is 51.2 Å². The molecule has 0 saturated carbocycles. The minimum absolute atomic E-state index is 0.168. The van der Waals surface area contributed by atoms with E-state index in [0.717, 1.165) is 31.7 Å². The van der Waals surface area contributed by atoms with E-state index in [1.54, 1.807) is 18.2 Å². The van der Waals surface area contributed by atoms with E-state index in [1.165, 1.54) is 26.5 Å². The summed E-state index contributed by atoms with van der Waals surface area (Å²) in [6.07, 6.45) is 1.34. The van der Waals surface area contributed by atoms with Crippen molar-refractivity contribution >= 4 is 17.2 Å². The first-order valence-corrected chi connectivity index (χ1v) is 9.79.